The smallest absolute Gasteiger partial charge is 0.310 e. The number of piperidine rings is 1. The van der Waals surface area contributed by atoms with Crippen LogP contribution in [0.5, 0.6) is 0 Å². The van der Waals surface area contributed by atoms with Gasteiger partial charge in [0, 0.05) is 32.2 Å². The minimum atomic E-state index is -0.411. The summed E-state index contributed by atoms with van der Waals surface area (Å²) in [6, 6.07) is 11.9. The van der Waals surface area contributed by atoms with Crippen molar-refractivity contribution in [1.82, 2.24) is 9.47 Å². The zero-order chi connectivity index (χ0) is 27.4. The normalized spacial score (nSPS) is 18.7. The lowest BCUT2D eigenvalue weighted by Crippen LogP contribution is -2.42. The molecule has 0 spiro atoms. The van der Waals surface area contributed by atoms with E-state index < -0.39 is 5.56 Å². The van der Waals surface area contributed by atoms with Gasteiger partial charge in [-0.2, -0.15) is 5.26 Å². The van der Waals surface area contributed by atoms with Crippen molar-refractivity contribution in [3.8, 4) is 6.07 Å². The number of rotatable bonds is 7. The highest BCUT2D eigenvalue weighted by Gasteiger charge is 2.34. The lowest BCUT2D eigenvalue weighted by Gasteiger charge is -2.35. The van der Waals surface area contributed by atoms with Gasteiger partial charge in [-0.25, -0.2) is 0 Å². The van der Waals surface area contributed by atoms with Gasteiger partial charge in [0.1, 0.15) is 21.8 Å². The molecule has 0 radical (unpaired) electrons. The molecule has 2 aliphatic heterocycles. The average Bonchev–Trinajstić information content (AvgIpc) is 3.19. The zero-order valence-electron chi connectivity index (χ0n) is 21.7. The average molecular weight is 551 g/mol. The van der Waals surface area contributed by atoms with E-state index in [1.807, 2.05) is 41.3 Å². The first-order chi connectivity index (χ1) is 18.3. The standard InChI is InChI=1S/C28H30N4O4S2/c1-4-36-27(35)20-11-8-13-31(17-20)24-21(18(2)22(16-29)25(33)30(24)3)15-23-26(34)32(28(37)38-23)14-12-19-9-6-5-7-10-19/h5-7,9-10,15,20H,4,8,11-14,17H2,1-3H3. The predicted octanol–water partition coefficient (Wildman–Crippen LogP) is 3.79. The number of pyridine rings is 1. The number of ether oxygens (including phenoxy) is 1. The number of carbonyl (C=O) groups excluding carboxylic acids is 2. The molecule has 38 heavy (non-hydrogen) atoms. The van der Waals surface area contributed by atoms with Crippen LogP contribution in [-0.2, 0) is 27.8 Å². The fourth-order valence-electron chi connectivity index (χ4n) is 4.93. The van der Waals surface area contributed by atoms with Gasteiger partial charge in [-0.1, -0.05) is 54.3 Å². The van der Waals surface area contributed by atoms with E-state index >= 15 is 0 Å². The molecule has 1 aromatic carbocycles. The molecule has 0 N–H and O–H groups in total. The number of nitrogens with zero attached hydrogens (tertiary/aromatic N) is 4. The van der Waals surface area contributed by atoms with Gasteiger partial charge in [0.05, 0.1) is 17.4 Å². The Morgan fingerprint density at radius 1 is 1.29 bits per heavy atom. The zero-order valence-corrected chi connectivity index (χ0v) is 23.4. The van der Waals surface area contributed by atoms with Crippen LogP contribution in [0.1, 0.15) is 42.0 Å². The molecule has 1 atom stereocenters. The van der Waals surface area contributed by atoms with Crippen molar-refractivity contribution >= 4 is 52.1 Å². The van der Waals surface area contributed by atoms with Crippen LogP contribution in [0.3, 0.4) is 0 Å². The molecular weight excluding hydrogens is 520 g/mol. The number of anilines is 1. The van der Waals surface area contributed by atoms with Gasteiger partial charge < -0.3 is 9.64 Å². The van der Waals surface area contributed by atoms with Gasteiger partial charge in [-0.15, -0.1) is 0 Å². The summed E-state index contributed by atoms with van der Waals surface area (Å²) in [6.07, 6.45) is 3.86. The van der Waals surface area contributed by atoms with Crippen molar-refractivity contribution in [3.05, 3.63) is 67.8 Å². The van der Waals surface area contributed by atoms with E-state index in [1.54, 1.807) is 31.9 Å². The summed E-state index contributed by atoms with van der Waals surface area (Å²) in [6.45, 7) is 5.28. The Labute approximate surface area is 231 Å². The van der Waals surface area contributed by atoms with Crippen molar-refractivity contribution in [2.45, 2.75) is 33.1 Å². The lowest BCUT2D eigenvalue weighted by atomic mass is 9.96. The third kappa shape index (κ3) is 5.54. The van der Waals surface area contributed by atoms with E-state index in [9.17, 15) is 19.6 Å². The molecule has 2 aliphatic rings. The number of hydrogen-bond acceptors (Lipinski definition) is 8. The SMILES string of the molecule is CCOC(=O)C1CCCN(c2c(C=C3SC(=S)N(CCc4ccccc4)C3=O)c(C)c(C#N)c(=O)n2C)C1. The molecule has 0 bridgehead atoms. The number of nitriles is 1. The highest BCUT2D eigenvalue weighted by molar-refractivity contribution is 8.26. The van der Waals surface area contributed by atoms with Gasteiger partial charge in [0.15, 0.2) is 0 Å². The molecule has 1 amide bonds. The molecule has 2 fully saturated rings. The number of carbonyl (C=O) groups is 2. The summed E-state index contributed by atoms with van der Waals surface area (Å²) in [5, 5.41) is 9.74. The van der Waals surface area contributed by atoms with E-state index in [-0.39, 0.29) is 23.4 Å². The first kappa shape index (κ1) is 27.6. The first-order valence-electron chi connectivity index (χ1n) is 12.6. The molecule has 8 nitrogen and oxygen atoms in total. The van der Waals surface area contributed by atoms with Crippen LogP contribution >= 0.6 is 24.0 Å². The molecule has 2 aromatic rings. The Balaban J connectivity index is 1.71. The largest absolute Gasteiger partial charge is 0.466 e. The fraction of sp³-hybridized carbons (Fsp3) is 0.393. The van der Waals surface area contributed by atoms with Crippen molar-refractivity contribution in [2.75, 3.05) is 31.1 Å². The second kappa shape index (κ2) is 12.0. The third-order valence-electron chi connectivity index (χ3n) is 6.92. The molecule has 1 aromatic heterocycles. The Morgan fingerprint density at radius 3 is 2.71 bits per heavy atom. The van der Waals surface area contributed by atoms with Crippen molar-refractivity contribution < 1.29 is 14.3 Å². The number of benzene rings is 1. The maximum atomic E-state index is 13.4. The number of amides is 1. The van der Waals surface area contributed by atoms with Gasteiger partial charge in [-0.05, 0) is 50.3 Å². The van der Waals surface area contributed by atoms with Crippen LogP contribution in [0.25, 0.3) is 6.08 Å². The second-order valence-corrected chi connectivity index (χ2v) is 11.0. The molecule has 1 unspecified atom stereocenters. The molecular formula is C28H30N4O4S2. The van der Waals surface area contributed by atoms with Crippen LogP contribution in [-0.4, -0.2) is 51.9 Å². The predicted molar refractivity (Wildman–Crippen MR) is 153 cm³/mol. The van der Waals surface area contributed by atoms with Crippen LogP contribution in [0.15, 0.2) is 40.0 Å². The molecule has 3 heterocycles. The van der Waals surface area contributed by atoms with Crippen LogP contribution < -0.4 is 10.5 Å². The van der Waals surface area contributed by atoms with E-state index in [2.05, 4.69) is 0 Å². The monoisotopic (exact) mass is 550 g/mol. The van der Waals surface area contributed by atoms with Crippen molar-refractivity contribution in [1.29, 1.82) is 5.26 Å². The van der Waals surface area contributed by atoms with Crippen LogP contribution in [0.4, 0.5) is 5.82 Å². The number of aromatic nitrogens is 1. The Kier molecular flexibility index (Phi) is 8.69. The fourth-order valence-corrected chi connectivity index (χ4v) is 6.22. The number of hydrogen-bond donors (Lipinski definition) is 0. The minimum Gasteiger partial charge on any atom is -0.466 e. The number of esters is 1. The summed E-state index contributed by atoms with van der Waals surface area (Å²) in [4.78, 5) is 43.0. The Hall–Kier alpha value is -3.42. The van der Waals surface area contributed by atoms with E-state index in [4.69, 9.17) is 17.0 Å². The van der Waals surface area contributed by atoms with Gasteiger partial charge in [0.2, 0.25) is 0 Å². The lowest BCUT2D eigenvalue weighted by molar-refractivity contribution is -0.148. The molecule has 2 saturated heterocycles. The summed E-state index contributed by atoms with van der Waals surface area (Å²) in [5.74, 6) is -0.195. The summed E-state index contributed by atoms with van der Waals surface area (Å²) in [5.41, 5.74) is 1.84. The highest BCUT2D eigenvalue weighted by Crippen LogP contribution is 2.36. The molecule has 0 aliphatic carbocycles. The quantitative estimate of drug-likeness (QED) is 0.292. The minimum absolute atomic E-state index is 0.0287. The number of thioether (sulfide) groups is 1. The first-order valence-corrected chi connectivity index (χ1v) is 13.8. The van der Waals surface area contributed by atoms with Gasteiger partial charge in [-0.3, -0.25) is 23.9 Å². The Bertz CT molecular complexity index is 1390. The van der Waals surface area contributed by atoms with Crippen LogP contribution in [0, 0.1) is 24.2 Å². The number of thiocarbonyl (C=S) groups is 1. The van der Waals surface area contributed by atoms with Crippen LogP contribution in [0.2, 0.25) is 0 Å². The van der Waals surface area contributed by atoms with E-state index in [1.165, 1.54) is 16.3 Å². The third-order valence-corrected chi connectivity index (χ3v) is 8.30. The molecule has 0 saturated carbocycles. The molecule has 10 heteroatoms. The second-order valence-electron chi connectivity index (χ2n) is 9.32. The summed E-state index contributed by atoms with van der Waals surface area (Å²) in [7, 11) is 1.62. The van der Waals surface area contributed by atoms with Gasteiger partial charge in [0.25, 0.3) is 11.5 Å². The molecule has 4 rings (SSSR count). The molecule has 198 valence electrons. The van der Waals surface area contributed by atoms with E-state index in [0.29, 0.717) is 65.3 Å². The topological polar surface area (TPSA) is 95.6 Å². The Morgan fingerprint density at radius 2 is 2.03 bits per heavy atom. The van der Waals surface area contributed by atoms with E-state index in [0.717, 1.165) is 12.0 Å². The highest BCUT2D eigenvalue weighted by atomic mass is 32.2. The summed E-state index contributed by atoms with van der Waals surface area (Å²) < 4.78 is 7.17. The maximum absolute atomic E-state index is 13.4. The maximum Gasteiger partial charge on any atom is 0.310 e. The van der Waals surface area contributed by atoms with Gasteiger partial charge >= 0.3 is 5.97 Å². The van der Waals surface area contributed by atoms with Crippen molar-refractivity contribution in [3.63, 3.8) is 0 Å². The van der Waals surface area contributed by atoms with Crippen molar-refractivity contribution in [2.24, 2.45) is 13.0 Å². The summed E-state index contributed by atoms with van der Waals surface area (Å²) >= 11 is 6.76.